The number of rotatable bonds is 8. The van der Waals surface area contributed by atoms with Gasteiger partial charge in [-0.25, -0.2) is 9.97 Å². The van der Waals surface area contributed by atoms with Crippen molar-refractivity contribution in [2.24, 2.45) is 5.73 Å². The van der Waals surface area contributed by atoms with Crippen molar-refractivity contribution >= 4 is 46.0 Å². The van der Waals surface area contributed by atoms with Gasteiger partial charge < -0.3 is 19.9 Å². The molecule has 0 saturated heterocycles. The number of carbonyl (C=O) groups is 1. The molecule has 0 bridgehead atoms. The van der Waals surface area contributed by atoms with E-state index in [-0.39, 0.29) is 6.61 Å². The first-order valence-electron chi connectivity index (χ1n) is 11.9. The highest BCUT2D eigenvalue weighted by Gasteiger charge is 2.15. The molecule has 7 nitrogen and oxygen atoms in total. The molecule has 2 heterocycles. The molecular weight excluding hydrogens is 521 g/mol. The van der Waals surface area contributed by atoms with Gasteiger partial charge in [-0.3, -0.25) is 4.79 Å². The molecule has 0 fully saturated rings. The third-order valence-electron chi connectivity index (χ3n) is 6.21. The summed E-state index contributed by atoms with van der Waals surface area (Å²) in [6.07, 6.45) is 1.87. The molecule has 38 heavy (non-hydrogen) atoms. The maximum absolute atomic E-state index is 11.4. The largest absolute Gasteiger partial charge is 0.486 e. The van der Waals surface area contributed by atoms with Gasteiger partial charge >= 0.3 is 0 Å². The number of halogens is 2. The SMILES string of the molecule is CN(C)c1ccc(-c2ccc3nc(COc4ccc(C(N)=O)cc4)n(Cc4cc(Cl)ccc4Cl)c3c2)cn1. The summed E-state index contributed by atoms with van der Waals surface area (Å²) < 4.78 is 8.11. The number of carbonyl (C=O) groups excluding carboxylic acids is 1. The summed E-state index contributed by atoms with van der Waals surface area (Å²) in [5, 5.41) is 1.22. The van der Waals surface area contributed by atoms with E-state index >= 15 is 0 Å². The van der Waals surface area contributed by atoms with Crippen molar-refractivity contribution in [2.75, 3.05) is 19.0 Å². The van der Waals surface area contributed by atoms with Crippen LogP contribution in [0.4, 0.5) is 5.82 Å². The third-order valence-corrected chi connectivity index (χ3v) is 6.81. The molecule has 0 radical (unpaired) electrons. The number of primary amides is 1. The van der Waals surface area contributed by atoms with Crippen LogP contribution >= 0.6 is 23.2 Å². The van der Waals surface area contributed by atoms with Gasteiger partial charge in [0.05, 0.1) is 17.6 Å². The average molecular weight is 546 g/mol. The van der Waals surface area contributed by atoms with Crippen LogP contribution in [0.2, 0.25) is 10.0 Å². The lowest BCUT2D eigenvalue weighted by Gasteiger charge is -2.13. The zero-order chi connectivity index (χ0) is 26.8. The van der Waals surface area contributed by atoms with Gasteiger partial charge in [-0.05, 0) is 77.9 Å². The fraction of sp³-hybridized carbons (Fsp3) is 0.138. The van der Waals surface area contributed by atoms with Crippen LogP contribution in [0.5, 0.6) is 5.75 Å². The van der Waals surface area contributed by atoms with Gasteiger partial charge in [0.1, 0.15) is 24.0 Å². The number of hydrogen-bond acceptors (Lipinski definition) is 5. The van der Waals surface area contributed by atoms with Gasteiger partial charge in [0, 0.05) is 41.5 Å². The summed E-state index contributed by atoms with van der Waals surface area (Å²) in [4.78, 5) is 22.8. The number of nitrogens with zero attached hydrogens (tertiary/aromatic N) is 4. The van der Waals surface area contributed by atoms with E-state index < -0.39 is 5.91 Å². The second kappa shape index (κ2) is 10.7. The lowest BCUT2D eigenvalue weighted by molar-refractivity contribution is 0.1000. The van der Waals surface area contributed by atoms with Crippen LogP contribution in [0.25, 0.3) is 22.2 Å². The summed E-state index contributed by atoms with van der Waals surface area (Å²) in [7, 11) is 3.92. The number of anilines is 1. The summed E-state index contributed by atoms with van der Waals surface area (Å²) in [5.41, 5.74) is 10.4. The average Bonchev–Trinajstić information content (AvgIpc) is 3.26. The van der Waals surface area contributed by atoms with Crippen LogP contribution in [0, 0.1) is 0 Å². The van der Waals surface area contributed by atoms with Crippen LogP contribution in [0.1, 0.15) is 21.7 Å². The number of imidazole rings is 1. The number of pyridine rings is 1. The van der Waals surface area contributed by atoms with E-state index in [1.807, 2.05) is 49.5 Å². The van der Waals surface area contributed by atoms with E-state index in [0.717, 1.165) is 33.5 Å². The zero-order valence-corrected chi connectivity index (χ0v) is 22.4. The number of aromatic nitrogens is 3. The van der Waals surface area contributed by atoms with E-state index in [0.29, 0.717) is 33.7 Å². The molecule has 0 saturated carbocycles. The van der Waals surface area contributed by atoms with Gasteiger partial charge in [0.25, 0.3) is 0 Å². The Kier molecular flexibility index (Phi) is 7.22. The smallest absolute Gasteiger partial charge is 0.248 e. The quantitative estimate of drug-likeness (QED) is 0.251. The molecule has 0 aliphatic rings. The second-order valence-corrected chi connectivity index (χ2v) is 9.87. The molecule has 9 heteroatoms. The zero-order valence-electron chi connectivity index (χ0n) is 20.9. The monoisotopic (exact) mass is 545 g/mol. The Morgan fingerprint density at radius 2 is 1.74 bits per heavy atom. The maximum Gasteiger partial charge on any atom is 0.248 e. The summed E-state index contributed by atoms with van der Waals surface area (Å²) >= 11 is 12.8. The van der Waals surface area contributed by atoms with Gasteiger partial charge in [-0.1, -0.05) is 29.3 Å². The molecule has 1 amide bonds. The van der Waals surface area contributed by atoms with Gasteiger partial charge in [-0.15, -0.1) is 0 Å². The Morgan fingerprint density at radius 3 is 2.42 bits per heavy atom. The van der Waals surface area contributed by atoms with E-state index in [2.05, 4.69) is 21.7 Å². The first-order chi connectivity index (χ1) is 18.3. The standard InChI is InChI=1S/C29H25Cl2N5O2/c1-35(2)27-12-6-20(15-33-27)19-5-11-25-26(14-19)36(16-21-13-22(30)7-10-24(21)31)28(34-25)17-38-23-8-3-18(4-9-23)29(32)37/h3-15H,16-17H2,1-2H3,(H2,32,37). The van der Waals surface area contributed by atoms with Crippen LogP contribution in [0.3, 0.4) is 0 Å². The number of hydrogen-bond donors (Lipinski definition) is 1. The van der Waals surface area contributed by atoms with Crippen LogP contribution in [-0.4, -0.2) is 34.5 Å². The molecule has 5 aromatic rings. The fourth-order valence-electron chi connectivity index (χ4n) is 4.16. The third kappa shape index (κ3) is 5.44. The number of nitrogens with two attached hydrogens (primary N) is 1. The Bertz CT molecular complexity index is 1610. The van der Waals surface area contributed by atoms with Crippen LogP contribution < -0.4 is 15.4 Å². The molecule has 5 rings (SSSR count). The minimum absolute atomic E-state index is 0.206. The minimum atomic E-state index is -0.487. The summed E-state index contributed by atoms with van der Waals surface area (Å²) in [5.74, 6) is 1.72. The molecule has 192 valence electrons. The molecule has 0 aliphatic heterocycles. The Hall–Kier alpha value is -4.07. The Morgan fingerprint density at radius 1 is 0.974 bits per heavy atom. The minimum Gasteiger partial charge on any atom is -0.486 e. The van der Waals surface area contributed by atoms with E-state index in [1.54, 1.807) is 36.4 Å². The molecule has 3 aromatic carbocycles. The lowest BCUT2D eigenvalue weighted by Crippen LogP contribution is -2.11. The van der Waals surface area contributed by atoms with Crippen molar-refractivity contribution in [3.05, 3.63) is 106 Å². The first-order valence-corrected chi connectivity index (χ1v) is 12.6. The molecule has 0 unspecified atom stereocenters. The number of amides is 1. The van der Waals surface area contributed by atoms with Crippen molar-refractivity contribution in [3.63, 3.8) is 0 Å². The van der Waals surface area contributed by atoms with Gasteiger partial charge in [0.15, 0.2) is 0 Å². The first kappa shape index (κ1) is 25.6. The van der Waals surface area contributed by atoms with E-state index in [9.17, 15) is 4.79 Å². The molecule has 2 N–H and O–H groups in total. The molecular formula is C29H25Cl2N5O2. The lowest BCUT2D eigenvalue weighted by atomic mass is 10.1. The molecule has 0 atom stereocenters. The second-order valence-electron chi connectivity index (χ2n) is 9.03. The Balaban J connectivity index is 1.53. The number of fused-ring (bicyclic) bond motifs is 1. The van der Waals surface area contributed by atoms with Crippen LogP contribution in [-0.2, 0) is 13.2 Å². The van der Waals surface area contributed by atoms with Gasteiger partial charge in [-0.2, -0.15) is 0 Å². The number of benzene rings is 3. The molecule has 0 spiro atoms. The predicted molar refractivity (Wildman–Crippen MR) is 152 cm³/mol. The number of ether oxygens (including phenoxy) is 1. The normalized spacial score (nSPS) is 11.1. The highest BCUT2D eigenvalue weighted by atomic mass is 35.5. The fourth-order valence-corrected chi connectivity index (χ4v) is 4.53. The predicted octanol–water partition coefficient (Wildman–Crippen LogP) is 6.20. The van der Waals surface area contributed by atoms with E-state index in [4.69, 9.17) is 38.7 Å². The summed E-state index contributed by atoms with van der Waals surface area (Å²) in [6.45, 7) is 0.660. The van der Waals surface area contributed by atoms with Gasteiger partial charge in [0.2, 0.25) is 5.91 Å². The molecule has 0 aliphatic carbocycles. The van der Waals surface area contributed by atoms with Crippen molar-refractivity contribution in [1.82, 2.24) is 14.5 Å². The van der Waals surface area contributed by atoms with Crippen LogP contribution in [0.15, 0.2) is 79.0 Å². The molecule has 2 aromatic heterocycles. The van der Waals surface area contributed by atoms with Crippen molar-refractivity contribution in [1.29, 1.82) is 0 Å². The van der Waals surface area contributed by atoms with Crippen molar-refractivity contribution in [2.45, 2.75) is 13.2 Å². The highest BCUT2D eigenvalue weighted by molar-refractivity contribution is 6.33. The topological polar surface area (TPSA) is 86.3 Å². The van der Waals surface area contributed by atoms with Crippen molar-refractivity contribution < 1.29 is 9.53 Å². The van der Waals surface area contributed by atoms with E-state index in [1.165, 1.54) is 0 Å². The summed E-state index contributed by atoms with van der Waals surface area (Å²) in [6, 6.07) is 22.3. The van der Waals surface area contributed by atoms with Crippen molar-refractivity contribution in [3.8, 4) is 16.9 Å². The maximum atomic E-state index is 11.4. The highest BCUT2D eigenvalue weighted by Crippen LogP contribution is 2.29. The Labute approximate surface area is 230 Å².